The third-order valence-corrected chi connectivity index (χ3v) is 3.24. The highest BCUT2D eigenvalue weighted by Crippen LogP contribution is 2.31. The van der Waals surface area contributed by atoms with Crippen molar-refractivity contribution in [3.05, 3.63) is 52.5 Å². The molecule has 2 aromatic heterocycles. The van der Waals surface area contributed by atoms with Crippen LogP contribution in [0.2, 0.25) is 10.2 Å². The SMILES string of the molecule is Fc1cccc2[nH]c(-c3cnc(Cl)cc3Cl)cc12. The Morgan fingerprint density at radius 1 is 1.17 bits per heavy atom. The Labute approximate surface area is 112 Å². The third kappa shape index (κ3) is 1.85. The summed E-state index contributed by atoms with van der Waals surface area (Å²) in [7, 11) is 0. The summed E-state index contributed by atoms with van der Waals surface area (Å²) in [6.45, 7) is 0. The minimum absolute atomic E-state index is 0.270. The highest BCUT2D eigenvalue weighted by atomic mass is 35.5. The molecule has 1 aromatic carbocycles. The van der Waals surface area contributed by atoms with Crippen molar-refractivity contribution < 1.29 is 4.39 Å². The summed E-state index contributed by atoms with van der Waals surface area (Å²) in [5.41, 5.74) is 2.12. The molecule has 0 bridgehead atoms. The van der Waals surface area contributed by atoms with Crippen molar-refractivity contribution in [1.82, 2.24) is 9.97 Å². The van der Waals surface area contributed by atoms with Crippen molar-refractivity contribution in [1.29, 1.82) is 0 Å². The van der Waals surface area contributed by atoms with E-state index in [1.165, 1.54) is 6.07 Å². The Kier molecular flexibility index (Phi) is 2.73. The fourth-order valence-corrected chi connectivity index (χ4v) is 2.34. The summed E-state index contributed by atoms with van der Waals surface area (Å²) in [5.74, 6) is -0.270. The number of pyridine rings is 1. The quantitative estimate of drug-likeness (QED) is 0.645. The molecule has 0 saturated carbocycles. The number of hydrogen-bond acceptors (Lipinski definition) is 1. The van der Waals surface area contributed by atoms with Gasteiger partial charge in [0, 0.05) is 28.4 Å². The van der Waals surface area contributed by atoms with Crippen LogP contribution in [-0.4, -0.2) is 9.97 Å². The summed E-state index contributed by atoms with van der Waals surface area (Å²) in [6.07, 6.45) is 1.56. The number of rotatable bonds is 1. The maximum atomic E-state index is 13.6. The fraction of sp³-hybridized carbons (Fsp3) is 0. The van der Waals surface area contributed by atoms with E-state index >= 15 is 0 Å². The molecule has 3 rings (SSSR count). The Bertz CT molecular complexity index is 737. The van der Waals surface area contributed by atoms with Gasteiger partial charge in [0.15, 0.2) is 0 Å². The smallest absolute Gasteiger partial charge is 0.132 e. The first-order valence-electron chi connectivity index (χ1n) is 5.24. The predicted octanol–water partition coefficient (Wildman–Crippen LogP) is 4.68. The summed E-state index contributed by atoms with van der Waals surface area (Å²) < 4.78 is 13.6. The van der Waals surface area contributed by atoms with Gasteiger partial charge in [0.05, 0.1) is 5.02 Å². The molecule has 0 saturated heterocycles. The minimum Gasteiger partial charge on any atom is -0.354 e. The number of halogens is 3. The molecule has 1 N–H and O–H groups in total. The fourth-order valence-electron chi connectivity index (χ4n) is 1.87. The molecule has 2 nitrogen and oxygen atoms in total. The summed E-state index contributed by atoms with van der Waals surface area (Å²) in [4.78, 5) is 7.08. The van der Waals surface area contributed by atoms with Crippen LogP contribution in [0.25, 0.3) is 22.2 Å². The molecule has 0 radical (unpaired) electrons. The molecular weight excluding hydrogens is 274 g/mol. The lowest BCUT2D eigenvalue weighted by atomic mass is 10.2. The van der Waals surface area contributed by atoms with Gasteiger partial charge in [0.1, 0.15) is 11.0 Å². The van der Waals surface area contributed by atoms with Crippen LogP contribution >= 0.6 is 23.2 Å². The molecule has 18 heavy (non-hydrogen) atoms. The van der Waals surface area contributed by atoms with E-state index in [9.17, 15) is 4.39 Å². The summed E-state index contributed by atoms with van der Waals surface area (Å²) in [5, 5.41) is 1.33. The van der Waals surface area contributed by atoms with E-state index in [1.807, 2.05) is 0 Å². The zero-order valence-electron chi connectivity index (χ0n) is 9.05. The summed E-state index contributed by atoms with van der Waals surface area (Å²) >= 11 is 11.8. The predicted molar refractivity (Wildman–Crippen MR) is 71.5 cm³/mol. The largest absolute Gasteiger partial charge is 0.354 e. The van der Waals surface area contributed by atoms with Gasteiger partial charge in [-0.2, -0.15) is 0 Å². The van der Waals surface area contributed by atoms with E-state index < -0.39 is 0 Å². The first-order chi connectivity index (χ1) is 8.65. The molecule has 0 aliphatic rings. The second-order valence-electron chi connectivity index (χ2n) is 3.87. The van der Waals surface area contributed by atoms with Crippen molar-refractivity contribution in [2.24, 2.45) is 0 Å². The molecule has 90 valence electrons. The van der Waals surface area contributed by atoms with Crippen LogP contribution in [0.5, 0.6) is 0 Å². The van der Waals surface area contributed by atoms with Crippen molar-refractivity contribution in [3.63, 3.8) is 0 Å². The Hall–Kier alpha value is -1.58. The minimum atomic E-state index is -0.270. The molecular formula is C13H7Cl2FN2. The van der Waals surface area contributed by atoms with Crippen LogP contribution in [0.3, 0.4) is 0 Å². The van der Waals surface area contributed by atoms with Gasteiger partial charge >= 0.3 is 0 Å². The maximum absolute atomic E-state index is 13.6. The zero-order valence-corrected chi connectivity index (χ0v) is 10.6. The van der Waals surface area contributed by atoms with E-state index in [0.29, 0.717) is 26.8 Å². The van der Waals surface area contributed by atoms with Gasteiger partial charge in [-0.3, -0.25) is 0 Å². The normalized spacial score (nSPS) is 11.1. The number of nitrogens with one attached hydrogen (secondary N) is 1. The van der Waals surface area contributed by atoms with Crippen LogP contribution < -0.4 is 0 Å². The van der Waals surface area contributed by atoms with Gasteiger partial charge in [0.25, 0.3) is 0 Å². The van der Waals surface area contributed by atoms with Gasteiger partial charge in [-0.15, -0.1) is 0 Å². The number of fused-ring (bicyclic) bond motifs is 1. The first kappa shape index (κ1) is 11.5. The van der Waals surface area contributed by atoms with E-state index in [2.05, 4.69) is 9.97 Å². The Balaban J connectivity index is 2.23. The molecule has 3 aromatic rings. The van der Waals surface area contributed by atoms with Gasteiger partial charge < -0.3 is 4.98 Å². The third-order valence-electron chi connectivity index (χ3n) is 2.72. The van der Waals surface area contributed by atoms with Crippen LogP contribution in [0.1, 0.15) is 0 Å². The second-order valence-corrected chi connectivity index (χ2v) is 4.67. The highest BCUT2D eigenvalue weighted by Gasteiger charge is 2.10. The van der Waals surface area contributed by atoms with Gasteiger partial charge in [-0.05, 0) is 24.3 Å². The van der Waals surface area contributed by atoms with Gasteiger partial charge in [-0.25, -0.2) is 9.37 Å². The average Bonchev–Trinajstić information content (AvgIpc) is 2.74. The van der Waals surface area contributed by atoms with Crippen molar-refractivity contribution in [2.45, 2.75) is 0 Å². The Morgan fingerprint density at radius 2 is 2.00 bits per heavy atom. The van der Waals surface area contributed by atoms with E-state index in [1.54, 1.807) is 30.5 Å². The van der Waals surface area contributed by atoms with Gasteiger partial charge in [0.2, 0.25) is 0 Å². The van der Waals surface area contributed by atoms with E-state index in [0.717, 1.165) is 5.52 Å². The molecule has 0 aliphatic carbocycles. The molecule has 2 heterocycles. The lowest BCUT2D eigenvalue weighted by molar-refractivity contribution is 0.640. The number of hydrogen-bond donors (Lipinski definition) is 1. The van der Waals surface area contributed by atoms with Crippen LogP contribution in [0.4, 0.5) is 4.39 Å². The average molecular weight is 281 g/mol. The molecule has 0 spiro atoms. The monoisotopic (exact) mass is 280 g/mol. The molecule has 0 unspecified atom stereocenters. The first-order valence-corrected chi connectivity index (χ1v) is 5.99. The van der Waals surface area contributed by atoms with Crippen molar-refractivity contribution >= 4 is 34.1 Å². The zero-order chi connectivity index (χ0) is 12.7. The molecule has 0 fully saturated rings. The van der Waals surface area contributed by atoms with Crippen LogP contribution in [0, 0.1) is 5.82 Å². The van der Waals surface area contributed by atoms with Crippen LogP contribution in [0.15, 0.2) is 36.5 Å². The van der Waals surface area contributed by atoms with Crippen LogP contribution in [-0.2, 0) is 0 Å². The number of aromatic nitrogens is 2. The standard InChI is InChI=1S/C13H7Cl2FN2/c14-9-5-13(15)17-6-8(9)12-4-7-10(16)2-1-3-11(7)18-12/h1-6,18H. The number of nitrogens with zero attached hydrogens (tertiary/aromatic N) is 1. The van der Waals surface area contributed by atoms with E-state index in [-0.39, 0.29) is 5.82 Å². The molecule has 0 atom stereocenters. The second kappa shape index (κ2) is 4.26. The van der Waals surface area contributed by atoms with Crippen molar-refractivity contribution in [2.75, 3.05) is 0 Å². The van der Waals surface area contributed by atoms with Crippen molar-refractivity contribution in [3.8, 4) is 11.3 Å². The molecule has 0 aliphatic heterocycles. The Morgan fingerprint density at radius 3 is 2.72 bits per heavy atom. The van der Waals surface area contributed by atoms with E-state index in [4.69, 9.17) is 23.2 Å². The molecule has 5 heteroatoms. The molecule has 0 amide bonds. The number of aromatic amines is 1. The highest BCUT2D eigenvalue weighted by molar-refractivity contribution is 6.35. The maximum Gasteiger partial charge on any atom is 0.132 e. The number of H-pyrrole nitrogens is 1. The number of benzene rings is 1. The van der Waals surface area contributed by atoms with Gasteiger partial charge in [-0.1, -0.05) is 29.3 Å². The topological polar surface area (TPSA) is 28.7 Å². The lowest BCUT2D eigenvalue weighted by Crippen LogP contribution is -1.82. The summed E-state index contributed by atoms with van der Waals surface area (Å²) in [6, 6.07) is 8.14. The lowest BCUT2D eigenvalue weighted by Gasteiger charge is -2.00.